The largest absolute Gasteiger partial charge is 0.300 e. The van der Waals surface area contributed by atoms with Crippen molar-refractivity contribution in [3.8, 4) is 0 Å². The third kappa shape index (κ3) is 1.93. The van der Waals surface area contributed by atoms with Crippen LogP contribution >= 0.6 is 0 Å². The van der Waals surface area contributed by atoms with Crippen molar-refractivity contribution in [1.29, 1.82) is 0 Å². The van der Waals surface area contributed by atoms with Gasteiger partial charge in [-0.3, -0.25) is 9.59 Å². The van der Waals surface area contributed by atoms with Crippen molar-refractivity contribution in [1.82, 2.24) is 0 Å². The highest BCUT2D eigenvalue weighted by atomic mass is 16.1. The van der Waals surface area contributed by atoms with Gasteiger partial charge in [0, 0.05) is 11.8 Å². The van der Waals surface area contributed by atoms with E-state index in [0.717, 1.165) is 25.7 Å². The van der Waals surface area contributed by atoms with E-state index in [9.17, 15) is 9.59 Å². The summed E-state index contributed by atoms with van der Waals surface area (Å²) in [6.07, 6.45) is 4.04. The van der Waals surface area contributed by atoms with Crippen LogP contribution in [0.25, 0.3) is 0 Å². The summed E-state index contributed by atoms with van der Waals surface area (Å²) in [5, 5.41) is 0. The van der Waals surface area contributed by atoms with Crippen LogP contribution in [0.5, 0.6) is 0 Å². The van der Waals surface area contributed by atoms with Crippen molar-refractivity contribution in [2.24, 2.45) is 11.8 Å². The van der Waals surface area contributed by atoms with Crippen LogP contribution < -0.4 is 0 Å². The average molecular weight is 168 g/mol. The average Bonchev–Trinajstić information content (AvgIpc) is 2.04. The van der Waals surface area contributed by atoms with Gasteiger partial charge >= 0.3 is 0 Å². The molecule has 68 valence electrons. The van der Waals surface area contributed by atoms with Gasteiger partial charge in [-0.1, -0.05) is 12.8 Å². The van der Waals surface area contributed by atoms with Crippen molar-refractivity contribution < 1.29 is 9.59 Å². The Balaban J connectivity index is 2.67. The number of hydrogen-bond donors (Lipinski definition) is 0. The zero-order chi connectivity index (χ0) is 9.14. The number of carbonyl (C=O) groups is 2. The second kappa shape index (κ2) is 3.83. The summed E-state index contributed by atoms with van der Waals surface area (Å²) in [4.78, 5) is 22.3. The Hall–Kier alpha value is -0.660. The molecule has 2 atom stereocenters. The van der Waals surface area contributed by atoms with Crippen molar-refractivity contribution in [2.45, 2.75) is 39.5 Å². The van der Waals surface area contributed by atoms with Gasteiger partial charge in [-0.05, 0) is 26.7 Å². The fourth-order valence-electron chi connectivity index (χ4n) is 2.10. The lowest BCUT2D eigenvalue weighted by Crippen LogP contribution is -2.30. The third-order valence-electron chi connectivity index (χ3n) is 2.81. The molecule has 0 amide bonds. The summed E-state index contributed by atoms with van der Waals surface area (Å²) in [6, 6.07) is 0. The van der Waals surface area contributed by atoms with E-state index in [4.69, 9.17) is 0 Å². The fraction of sp³-hybridized carbons (Fsp3) is 0.800. The van der Waals surface area contributed by atoms with Gasteiger partial charge in [0.2, 0.25) is 0 Å². The minimum Gasteiger partial charge on any atom is -0.300 e. The van der Waals surface area contributed by atoms with E-state index < -0.39 is 0 Å². The first-order chi connectivity index (χ1) is 5.63. The maximum atomic E-state index is 11.2. The molecule has 2 nitrogen and oxygen atoms in total. The van der Waals surface area contributed by atoms with Gasteiger partial charge in [-0.2, -0.15) is 0 Å². The van der Waals surface area contributed by atoms with Gasteiger partial charge < -0.3 is 0 Å². The normalized spacial score (nSPS) is 29.8. The highest BCUT2D eigenvalue weighted by Crippen LogP contribution is 2.31. The molecule has 0 aliphatic heterocycles. The molecule has 2 heteroatoms. The second-order valence-electron chi connectivity index (χ2n) is 3.72. The van der Waals surface area contributed by atoms with Crippen LogP contribution in [0, 0.1) is 11.8 Å². The second-order valence-corrected chi connectivity index (χ2v) is 3.72. The van der Waals surface area contributed by atoms with Gasteiger partial charge in [-0.15, -0.1) is 0 Å². The Morgan fingerprint density at radius 3 is 1.50 bits per heavy atom. The predicted molar refractivity (Wildman–Crippen MR) is 46.8 cm³/mol. The number of Topliss-reactive ketones (excluding diaryl/α,β-unsaturated/α-hetero) is 2. The molecule has 1 rings (SSSR count). The molecule has 12 heavy (non-hydrogen) atoms. The molecule has 0 aromatic carbocycles. The molecule has 1 fully saturated rings. The Morgan fingerprint density at radius 2 is 1.25 bits per heavy atom. The first kappa shape index (κ1) is 9.43. The van der Waals surface area contributed by atoms with Crippen LogP contribution in [0.3, 0.4) is 0 Å². The van der Waals surface area contributed by atoms with Crippen LogP contribution in [-0.2, 0) is 9.59 Å². The molecule has 1 aliphatic carbocycles. The lowest BCUT2D eigenvalue weighted by Gasteiger charge is -2.27. The molecule has 0 N–H and O–H groups in total. The minimum atomic E-state index is 0.0243. The lowest BCUT2D eigenvalue weighted by molar-refractivity contribution is -0.131. The molecule has 1 saturated carbocycles. The van der Waals surface area contributed by atoms with E-state index in [1.54, 1.807) is 13.8 Å². The standard InChI is InChI=1S/C10H16O2/c1-7(11)9-5-3-4-6-10(9)8(2)12/h9-10H,3-6H2,1-2H3/t9-,10?/m0/s1. The van der Waals surface area contributed by atoms with Crippen LogP contribution in [0.2, 0.25) is 0 Å². The predicted octanol–water partition coefficient (Wildman–Crippen LogP) is 1.97. The maximum Gasteiger partial charge on any atom is 0.133 e. The zero-order valence-corrected chi connectivity index (χ0v) is 7.80. The molecule has 0 spiro atoms. The van der Waals surface area contributed by atoms with Crippen molar-refractivity contribution in [3.63, 3.8) is 0 Å². The number of carbonyl (C=O) groups excluding carboxylic acids is 2. The lowest BCUT2D eigenvalue weighted by atomic mass is 9.75. The third-order valence-corrected chi connectivity index (χ3v) is 2.81. The van der Waals surface area contributed by atoms with Gasteiger partial charge in [0.15, 0.2) is 0 Å². The summed E-state index contributed by atoms with van der Waals surface area (Å²) in [5.74, 6) is 0.428. The van der Waals surface area contributed by atoms with E-state index in [2.05, 4.69) is 0 Å². The summed E-state index contributed by atoms with van der Waals surface area (Å²) in [5.41, 5.74) is 0. The van der Waals surface area contributed by atoms with Crippen LogP contribution in [-0.4, -0.2) is 11.6 Å². The topological polar surface area (TPSA) is 34.1 Å². The molecule has 0 saturated heterocycles. The summed E-state index contributed by atoms with van der Waals surface area (Å²) in [7, 11) is 0. The number of rotatable bonds is 2. The monoisotopic (exact) mass is 168 g/mol. The van der Waals surface area contributed by atoms with Crippen molar-refractivity contribution in [2.75, 3.05) is 0 Å². The Bertz CT molecular complexity index is 174. The highest BCUT2D eigenvalue weighted by Gasteiger charge is 2.31. The minimum absolute atomic E-state index is 0.0243. The molecule has 0 heterocycles. The van der Waals surface area contributed by atoms with Crippen LogP contribution in [0.1, 0.15) is 39.5 Å². The first-order valence-corrected chi connectivity index (χ1v) is 4.64. The Labute approximate surface area is 73.3 Å². The maximum absolute atomic E-state index is 11.2. The van der Waals surface area contributed by atoms with Gasteiger partial charge in [0.05, 0.1) is 0 Å². The summed E-state index contributed by atoms with van der Waals surface area (Å²) < 4.78 is 0. The summed E-state index contributed by atoms with van der Waals surface area (Å²) >= 11 is 0. The van der Waals surface area contributed by atoms with Crippen LogP contribution in [0.4, 0.5) is 0 Å². The molecule has 0 bridgehead atoms. The van der Waals surface area contributed by atoms with E-state index in [1.165, 1.54) is 0 Å². The van der Waals surface area contributed by atoms with Gasteiger partial charge in [0.1, 0.15) is 11.6 Å². The molecule has 1 aliphatic rings. The molecule has 0 radical (unpaired) electrons. The van der Waals surface area contributed by atoms with Gasteiger partial charge in [0.25, 0.3) is 0 Å². The quantitative estimate of drug-likeness (QED) is 0.631. The zero-order valence-electron chi connectivity index (χ0n) is 7.80. The summed E-state index contributed by atoms with van der Waals surface area (Å²) in [6.45, 7) is 3.21. The smallest absolute Gasteiger partial charge is 0.133 e. The molecule has 1 unspecified atom stereocenters. The SMILES string of the molecule is CC(=O)C1CCCC[C@H]1C(C)=O. The number of hydrogen-bond acceptors (Lipinski definition) is 2. The van der Waals surface area contributed by atoms with Gasteiger partial charge in [-0.25, -0.2) is 0 Å². The fourth-order valence-corrected chi connectivity index (χ4v) is 2.10. The van der Waals surface area contributed by atoms with E-state index in [1.807, 2.05) is 0 Å². The van der Waals surface area contributed by atoms with E-state index in [0.29, 0.717) is 0 Å². The Morgan fingerprint density at radius 1 is 0.917 bits per heavy atom. The first-order valence-electron chi connectivity index (χ1n) is 4.64. The molecule has 0 aromatic heterocycles. The molecular weight excluding hydrogens is 152 g/mol. The van der Waals surface area contributed by atoms with Crippen LogP contribution in [0.15, 0.2) is 0 Å². The Kier molecular flexibility index (Phi) is 3.01. The highest BCUT2D eigenvalue weighted by molar-refractivity contribution is 5.87. The van der Waals surface area contributed by atoms with E-state index >= 15 is 0 Å². The van der Waals surface area contributed by atoms with Crippen molar-refractivity contribution >= 4 is 11.6 Å². The molecule has 0 aromatic rings. The molecular formula is C10H16O2. The van der Waals surface area contributed by atoms with Crippen molar-refractivity contribution in [3.05, 3.63) is 0 Å². The number of ketones is 2. The van der Waals surface area contributed by atoms with E-state index in [-0.39, 0.29) is 23.4 Å².